The molecule has 0 aromatic rings. The molecular formula is C13H26N2O2. The zero-order chi connectivity index (χ0) is 12.1. The summed E-state index contributed by atoms with van der Waals surface area (Å²) in [6.45, 7) is 3.62. The second-order valence-corrected chi connectivity index (χ2v) is 5.31. The number of nitrogens with zero attached hydrogens (tertiary/aromatic N) is 1. The number of likely N-dealkylation sites (N-methyl/N-ethyl adjacent to an activating group) is 2. The van der Waals surface area contributed by atoms with Crippen LogP contribution in [0.25, 0.3) is 0 Å². The SMILES string of the molecule is CNC1CCCCC1OCC1CN(C)CCO1. The molecule has 1 aliphatic heterocycles. The van der Waals surface area contributed by atoms with Gasteiger partial charge in [-0.2, -0.15) is 0 Å². The highest BCUT2D eigenvalue weighted by Crippen LogP contribution is 2.21. The zero-order valence-electron chi connectivity index (χ0n) is 11.2. The van der Waals surface area contributed by atoms with Gasteiger partial charge >= 0.3 is 0 Å². The molecule has 100 valence electrons. The maximum atomic E-state index is 6.06. The first-order chi connectivity index (χ1) is 8.29. The smallest absolute Gasteiger partial charge is 0.0935 e. The normalized spacial score (nSPS) is 36.0. The van der Waals surface area contributed by atoms with Gasteiger partial charge in [-0.3, -0.25) is 0 Å². The summed E-state index contributed by atoms with van der Waals surface area (Å²) >= 11 is 0. The Morgan fingerprint density at radius 1 is 1.35 bits per heavy atom. The topological polar surface area (TPSA) is 33.7 Å². The minimum atomic E-state index is 0.258. The summed E-state index contributed by atoms with van der Waals surface area (Å²) in [5.74, 6) is 0. The lowest BCUT2D eigenvalue weighted by atomic mass is 9.92. The Bertz CT molecular complexity index is 225. The van der Waals surface area contributed by atoms with Crippen molar-refractivity contribution < 1.29 is 9.47 Å². The van der Waals surface area contributed by atoms with Gasteiger partial charge in [0.25, 0.3) is 0 Å². The van der Waals surface area contributed by atoms with E-state index >= 15 is 0 Å². The van der Waals surface area contributed by atoms with Crippen molar-refractivity contribution in [2.45, 2.75) is 43.9 Å². The second-order valence-electron chi connectivity index (χ2n) is 5.31. The first kappa shape index (κ1) is 13.3. The average molecular weight is 242 g/mol. The largest absolute Gasteiger partial charge is 0.374 e. The van der Waals surface area contributed by atoms with Crippen molar-refractivity contribution in [3.63, 3.8) is 0 Å². The molecule has 0 amide bonds. The molecule has 1 heterocycles. The van der Waals surface area contributed by atoms with Gasteiger partial charge in [0.1, 0.15) is 0 Å². The summed E-state index contributed by atoms with van der Waals surface area (Å²) in [5, 5.41) is 3.37. The third-order valence-electron chi connectivity index (χ3n) is 3.91. The molecule has 4 nitrogen and oxygen atoms in total. The van der Waals surface area contributed by atoms with Gasteiger partial charge in [0.2, 0.25) is 0 Å². The van der Waals surface area contributed by atoms with E-state index in [9.17, 15) is 0 Å². The summed E-state index contributed by atoms with van der Waals surface area (Å²) in [6.07, 6.45) is 5.70. The number of rotatable bonds is 4. The molecule has 1 N–H and O–H groups in total. The minimum Gasteiger partial charge on any atom is -0.374 e. The second kappa shape index (κ2) is 6.69. The van der Waals surface area contributed by atoms with Gasteiger partial charge in [0.05, 0.1) is 25.4 Å². The Hall–Kier alpha value is -0.160. The van der Waals surface area contributed by atoms with Crippen LogP contribution in [-0.2, 0) is 9.47 Å². The molecule has 0 spiro atoms. The van der Waals surface area contributed by atoms with Gasteiger partial charge in [0.15, 0.2) is 0 Å². The molecule has 2 fully saturated rings. The van der Waals surface area contributed by atoms with Crippen molar-refractivity contribution in [1.29, 1.82) is 0 Å². The number of morpholine rings is 1. The van der Waals surface area contributed by atoms with E-state index in [0.29, 0.717) is 12.1 Å². The summed E-state index contributed by atoms with van der Waals surface area (Å²) in [4.78, 5) is 2.31. The lowest BCUT2D eigenvalue weighted by Gasteiger charge is -2.34. The average Bonchev–Trinajstić information content (AvgIpc) is 2.37. The van der Waals surface area contributed by atoms with Gasteiger partial charge in [0, 0.05) is 19.1 Å². The maximum absolute atomic E-state index is 6.06. The first-order valence-corrected chi connectivity index (χ1v) is 6.88. The van der Waals surface area contributed by atoms with Crippen LogP contribution in [0.15, 0.2) is 0 Å². The molecule has 1 saturated carbocycles. The Morgan fingerprint density at radius 2 is 2.18 bits per heavy atom. The van der Waals surface area contributed by atoms with E-state index in [1.807, 2.05) is 7.05 Å². The van der Waals surface area contributed by atoms with Crippen LogP contribution in [0.2, 0.25) is 0 Å². The van der Waals surface area contributed by atoms with Gasteiger partial charge < -0.3 is 19.7 Å². The fourth-order valence-corrected chi connectivity index (χ4v) is 2.83. The maximum Gasteiger partial charge on any atom is 0.0935 e. The van der Waals surface area contributed by atoms with Crippen molar-refractivity contribution in [2.75, 3.05) is 40.4 Å². The van der Waals surface area contributed by atoms with Crippen LogP contribution in [0.4, 0.5) is 0 Å². The van der Waals surface area contributed by atoms with Crippen LogP contribution >= 0.6 is 0 Å². The van der Waals surface area contributed by atoms with Gasteiger partial charge in [-0.25, -0.2) is 0 Å². The highest BCUT2D eigenvalue weighted by Gasteiger charge is 2.26. The standard InChI is InChI=1S/C13H26N2O2/c1-14-12-5-3-4-6-13(12)17-10-11-9-15(2)7-8-16-11/h11-14H,3-10H2,1-2H3. The van der Waals surface area contributed by atoms with Crippen molar-refractivity contribution in [2.24, 2.45) is 0 Å². The highest BCUT2D eigenvalue weighted by molar-refractivity contribution is 4.81. The fraction of sp³-hybridized carbons (Fsp3) is 1.00. The Balaban J connectivity index is 1.72. The molecule has 0 aromatic heterocycles. The monoisotopic (exact) mass is 242 g/mol. The molecule has 0 bridgehead atoms. The predicted molar refractivity (Wildman–Crippen MR) is 68.3 cm³/mol. The molecule has 1 saturated heterocycles. The van der Waals surface area contributed by atoms with E-state index in [-0.39, 0.29) is 6.10 Å². The van der Waals surface area contributed by atoms with E-state index in [2.05, 4.69) is 17.3 Å². The van der Waals surface area contributed by atoms with E-state index in [1.165, 1.54) is 25.7 Å². The van der Waals surface area contributed by atoms with Gasteiger partial charge in [-0.05, 0) is 26.9 Å². The molecule has 2 rings (SSSR count). The van der Waals surface area contributed by atoms with Crippen molar-refractivity contribution in [1.82, 2.24) is 10.2 Å². The molecule has 17 heavy (non-hydrogen) atoms. The lowest BCUT2D eigenvalue weighted by Crippen LogP contribution is -2.46. The van der Waals surface area contributed by atoms with Gasteiger partial charge in [-0.1, -0.05) is 12.8 Å². The fourth-order valence-electron chi connectivity index (χ4n) is 2.83. The van der Waals surface area contributed by atoms with E-state index in [1.54, 1.807) is 0 Å². The predicted octanol–water partition coefficient (Wildman–Crippen LogP) is 0.864. The number of ether oxygens (including phenoxy) is 2. The van der Waals surface area contributed by atoms with Gasteiger partial charge in [-0.15, -0.1) is 0 Å². The van der Waals surface area contributed by atoms with Crippen LogP contribution in [0.1, 0.15) is 25.7 Å². The molecule has 0 radical (unpaired) electrons. The van der Waals surface area contributed by atoms with E-state index < -0.39 is 0 Å². The molecular weight excluding hydrogens is 216 g/mol. The summed E-state index contributed by atoms with van der Waals surface area (Å²) in [5.41, 5.74) is 0. The number of hydrogen-bond acceptors (Lipinski definition) is 4. The van der Waals surface area contributed by atoms with Crippen LogP contribution in [0, 0.1) is 0 Å². The van der Waals surface area contributed by atoms with Crippen LogP contribution in [-0.4, -0.2) is 63.5 Å². The van der Waals surface area contributed by atoms with Crippen LogP contribution in [0.3, 0.4) is 0 Å². The minimum absolute atomic E-state index is 0.258. The lowest BCUT2D eigenvalue weighted by molar-refractivity contribution is -0.0911. The molecule has 2 aliphatic rings. The van der Waals surface area contributed by atoms with Crippen LogP contribution < -0.4 is 5.32 Å². The Kier molecular flexibility index (Phi) is 5.22. The quantitative estimate of drug-likeness (QED) is 0.793. The summed E-state index contributed by atoms with van der Waals surface area (Å²) in [7, 11) is 4.18. The molecule has 3 unspecified atom stereocenters. The summed E-state index contributed by atoms with van der Waals surface area (Å²) in [6, 6.07) is 0.532. The van der Waals surface area contributed by atoms with Crippen LogP contribution in [0.5, 0.6) is 0 Å². The summed E-state index contributed by atoms with van der Waals surface area (Å²) < 4.78 is 11.8. The molecule has 0 aromatic carbocycles. The highest BCUT2D eigenvalue weighted by atomic mass is 16.5. The molecule has 3 atom stereocenters. The first-order valence-electron chi connectivity index (χ1n) is 6.88. The van der Waals surface area contributed by atoms with E-state index in [0.717, 1.165) is 26.3 Å². The number of hydrogen-bond donors (Lipinski definition) is 1. The van der Waals surface area contributed by atoms with Crippen molar-refractivity contribution in [3.05, 3.63) is 0 Å². The van der Waals surface area contributed by atoms with Crippen molar-refractivity contribution >= 4 is 0 Å². The third-order valence-corrected chi connectivity index (χ3v) is 3.91. The Labute approximate surface area is 105 Å². The molecule has 4 heteroatoms. The Morgan fingerprint density at radius 3 is 2.94 bits per heavy atom. The molecule has 1 aliphatic carbocycles. The van der Waals surface area contributed by atoms with Crippen molar-refractivity contribution in [3.8, 4) is 0 Å². The van der Waals surface area contributed by atoms with E-state index in [4.69, 9.17) is 9.47 Å². The number of nitrogens with one attached hydrogen (secondary N) is 1. The third kappa shape index (κ3) is 3.91. The zero-order valence-corrected chi connectivity index (χ0v) is 11.2.